The third-order valence-electron chi connectivity index (χ3n) is 3.71. The van der Waals surface area contributed by atoms with Crippen LogP contribution in [0.1, 0.15) is 18.4 Å². The minimum atomic E-state index is -0.713. The van der Waals surface area contributed by atoms with Crippen molar-refractivity contribution in [2.24, 2.45) is 0 Å². The van der Waals surface area contributed by atoms with Gasteiger partial charge in [-0.05, 0) is 30.5 Å². The highest BCUT2D eigenvalue weighted by molar-refractivity contribution is 5.93. The van der Waals surface area contributed by atoms with Crippen LogP contribution in [0.2, 0.25) is 0 Å². The summed E-state index contributed by atoms with van der Waals surface area (Å²) in [6.45, 7) is 0. The first-order chi connectivity index (χ1) is 9.10. The number of halogens is 1. The van der Waals surface area contributed by atoms with E-state index in [2.05, 4.69) is 0 Å². The van der Waals surface area contributed by atoms with Crippen molar-refractivity contribution in [3.63, 3.8) is 0 Å². The molecule has 0 radical (unpaired) electrons. The normalized spacial score (nSPS) is 16.3. The summed E-state index contributed by atoms with van der Waals surface area (Å²) in [5.41, 5.74) is -0.0779. The first-order valence-corrected chi connectivity index (χ1v) is 5.99. The van der Waals surface area contributed by atoms with Crippen molar-refractivity contribution < 1.29 is 18.7 Å². The molecule has 0 atom stereocenters. The molecular weight excluding hydrogens is 249 g/mol. The number of hydrogen-bond acceptors (Lipinski definition) is 3. The molecule has 0 amide bonds. The number of hydrogen-bond donors (Lipinski definition) is 0. The summed E-state index contributed by atoms with van der Waals surface area (Å²) in [6, 6.07) is 6.01. The third kappa shape index (κ3) is 1.58. The summed E-state index contributed by atoms with van der Waals surface area (Å²) in [5, 5.41) is 12.2. The summed E-state index contributed by atoms with van der Waals surface area (Å²) in [7, 11) is 1.34. The van der Waals surface area contributed by atoms with Gasteiger partial charge >= 0.3 is 5.97 Å². The van der Waals surface area contributed by atoms with E-state index in [1.165, 1.54) is 19.4 Å². The Morgan fingerprint density at radius 1 is 1.42 bits per heavy atom. The Balaban J connectivity index is 2.30. The molecule has 0 unspecified atom stereocenters. The summed E-state index contributed by atoms with van der Waals surface area (Å²) in [6.07, 6.45) is 2.56. The van der Waals surface area contributed by atoms with Crippen LogP contribution in [0.15, 0.2) is 30.5 Å². The van der Waals surface area contributed by atoms with Crippen molar-refractivity contribution in [1.82, 2.24) is 0 Å². The van der Waals surface area contributed by atoms with Gasteiger partial charge in [0.05, 0.1) is 17.9 Å². The maximum Gasteiger partial charge on any atom is 0.316 e. The van der Waals surface area contributed by atoms with Crippen molar-refractivity contribution in [2.45, 2.75) is 18.3 Å². The van der Waals surface area contributed by atoms with Gasteiger partial charge in [-0.15, -0.1) is 0 Å². The fourth-order valence-electron chi connectivity index (χ4n) is 2.59. The lowest BCUT2D eigenvalue weighted by molar-refractivity contribution is -0.578. The molecule has 3 rings (SSSR count). The molecule has 1 aliphatic carbocycles. The molecule has 1 heterocycles. The Kier molecular flexibility index (Phi) is 2.45. The van der Waals surface area contributed by atoms with Crippen molar-refractivity contribution in [1.29, 1.82) is 0 Å². The highest BCUT2D eigenvalue weighted by Gasteiger charge is 2.53. The van der Waals surface area contributed by atoms with Crippen LogP contribution in [-0.2, 0) is 14.9 Å². The number of fused-ring (bicyclic) bond motifs is 1. The van der Waals surface area contributed by atoms with Crippen molar-refractivity contribution in [3.05, 3.63) is 47.1 Å². The Labute approximate surface area is 109 Å². The number of carbonyl (C=O) groups excluding carboxylic acids is 1. The molecule has 5 heteroatoms. The van der Waals surface area contributed by atoms with Gasteiger partial charge in [0.25, 0.3) is 5.52 Å². The molecule has 19 heavy (non-hydrogen) atoms. The van der Waals surface area contributed by atoms with Crippen LogP contribution in [0, 0.1) is 11.0 Å². The first-order valence-electron chi connectivity index (χ1n) is 5.99. The molecule has 1 aromatic heterocycles. The number of aromatic nitrogens is 1. The van der Waals surface area contributed by atoms with Gasteiger partial charge in [0.2, 0.25) is 0 Å². The van der Waals surface area contributed by atoms with Crippen LogP contribution in [0.3, 0.4) is 0 Å². The fourth-order valence-corrected chi connectivity index (χ4v) is 2.59. The molecule has 4 nitrogen and oxygen atoms in total. The standard InChI is InChI=1S/C14H12FNO3/c1-19-13(17)14(6-7-14)10-4-5-11(15)12-9(10)3-2-8-16(12)18/h2-5,8H,6-7H2,1H3. The summed E-state index contributed by atoms with van der Waals surface area (Å²) in [4.78, 5) is 11.9. The van der Waals surface area contributed by atoms with Gasteiger partial charge in [0.15, 0.2) is 12.0 Å². The molecule has 0 spiro atoms. The van der Waals surface area contributed by atoms with E-state index in [-0.39, 0.29) is 11.5 Å². The molecular formula is C14H12FNO3. The maximum atomic E-state index is 13.8. The lowest BCUT2D eigenvalue weighted by atomic mass is 9.92. The van der Waals surface area contributed by atoms with Crippen molar-refractivity contribution in [2.75, 3.05) is 7.11 Å². The number of rotatable bonds is 2. The number of nitrogens with zero attached hydrogens (tertiary/aromatic N) is 1. The zero-order valence-corrected chi connectivity index (χ0v) is 10.4. The van der Waals surface area contributed by atoms with E-state index in [0.717, 1.165) is 0 Å². The second kappa shape index (κ2) is 3.91. The number of ether oxygens (including phenoxy) is 1. The van der Waals surface area contributed by atoms with Gasteiger partial charge in [-0.1, -0.05) is 6.07 Å². The van der Waals surface area contributed by atoms with Crippen LogP contribution in [0.5, 0.6) is 0 Å². The first kappa shape index (κ1) is 11.9. The Morgan fingerprint density at radius 3 is 2.79 bits per heavy atom. The van der Waals surface area contributed by atoms with Crippen LogP contribution >= 0.6 is 0 Å². The van der Waals surface area contributed by atoms with E-state index >= 15 is 0 Å². The topological polar surface area (TPSA) is 53.2 Å². The van der Waals surface area contributed by atoms with Crippen LogP contribution in [0.25, 0.3) is 10.9 Å². The predicted molar refractivity (Wildman–Crippen MR) is 65.8 cm³/mol. The van der Waals surface area contributed by atoms with Gasteiger partial charge in [-0.3, -0.25) is 4.79 Å². The predicted octanol–water partition coefficient (Wildman–Crippen LogP) is 1.82. The fraction of sp³-hybridized carbons (Fsp3) is 0.286. The molecule has 2 aromatic rings. The highest BCUT2D eigenvalue weighted by atomic mass is 19.1. The Hall–Kier alpha value is -2.17. The monoisotopic (exact) mass is 261 g/mol. The number of methoxy groups -OCH3 is 1. The zero-order valence-electron chi connectivity index (χ0n) is 10.4. The van der Waals surface area contributed by atoms with E-state index in [9.17, 15) is 14.4 Å². The molecule has 98 valence electrons. The van der Waals surface area contributed by atoms with E-state index < -0.39 is 11.2 Å². The molecule has 1 saturated carbocycles. The van der Waals surface area contributed by atoms with E-state index in [4.69, 9.17) is 4.74 Å². The van der Waals surface area contributed by atoms with Crippen LogP contribution in [-0.4, -0.2) is 13.1 Å². The molecule has 1 fully saturated rings. The van der Waals surface area contributed by atoms with Gasteiger partial charge in [-0.25, -0.2) is 0 Å². The lowest BCUT2D eigenvalue weighted by Crippen LogP contribution is -2.29. The Bertz CT molecular complexity index is 671. The second-order valence-electron chi connectivity index (χ2n) is 4.76. The quantitative estimate of drug-likeness (QED) is 0.470. The molecule has 0 N–H and O–H groups in total. The van der Waals surface area contributed by atoms with Gasteiger partial charge in [0.1, 0.15) is 0 Å². The maximum absolute atomic E-state index is 13.8. The number of benzene rings is 1. The van der Waals surface area contributed by atoms with E-state index in [1.54, 1.807) is 18.2 Å². The minimum Gasteiger partial charge on any atom is -0.618 e. The number of pyridine rings is 1. The average Bonchev–Trinajstić information content (AvgIpc) is 3.20. The third-order valence-corrected chi connectivity index (χ3v) is 3.71. The second-order valence-corrected chi connectivity index (χ2v) is 4.76. The number of carbonyl (C=O) groups is 1. The largest absolute Gasteiger partial charge is 0.618 e. The van der Waals surface area contributed by atoms with E-state index in [1.807, 2.05) is 0 Å². The SMILES string of the molecule is COC(=O)C1(c2ccc(F)c3c2ccc[n+]3[O-])CC1. The lowest BCUT2D eigenvalue weighted by Gasteiger charge is -2.15. The molecule has 1 aromatic carbocycles. The van der Waals surface area contributed by atoms with Crippen molar-refractivity contribution in [3.8, 4) is 0 Å². The smallest absolute Gasteiger partial charge is 0.316 e. The van der Waals surface area contributed by atoms with E-state index in [0.29, 0.717) is 28.5 Å². The van der Waals surface area contributed by atoms with Gasteiger partial charge < -0.3 is 9.94 Å². The summed E-state index contributed by atoms with van der Waals surface area (Å²) in [5.74, 6) is -0.920. The number of esters is 1. The van der Waals surface area contributed by atoms with Gasteiger partial charge in [0, 0.05) is 6.07 Å². The van der Waals surface area contributed by atoms with Gasteiger partial charge in [-0.2, -0.15) is 9.12 Å². The zero-order chi connectivity index (χ0) is 13.6. The summed E-state index contributed by atoms with van der Waals surface area (Å²) >= 11 is 0. The summed E-state index contributed by atoms with van der Waals surface area (Å²) < 4.78 is 19.1. The Morgan fingerprint density at radius 2 is 2.16 bits per heavy atom. The molecule has 1 aliphatic rings. The van der Waals surface area contributed by atoms with Crippen LogP contribution < -0.4 is 4.73 Å². The molecule has 0 bridgehead atoms. The van der Waals surface area contributed by atoms with Crippen molar-refractivity contribution >= 4 is 16.9 Å². The molecule has 0 saturated heterocycles. The minimum absolute atomic E-state index is 0.0322. The highest BCUT2D eigenvalue weighted by Crippen LogP contribution is 2.51. The average molecular weight is 261 g/mol. The van der Waals surface area contributed by atoms with Crippen LogP contribution in [0.4, 0.5) is 4.39 Å². The molecule has 0 aliphatic heterocycles.